The number of hydrogen-bond acceptors (Lipinski definition) is 5. The third kappa shape index (κ3) is 5.02. The Morgan fingerprint density at radius 2 is 1.88 bits per heavy atom. The number of ether oxygens (including phenoxy) is 1. The van der Waals surface area contributed by atoms with Gasteiger partial charge in [0, 0.05) is 42.7 Å². The smallest absolute Gasteiger partial charge is 0.260 e. The molecule has 0 aliphatic carbocycles. The van der Waals surface area contributed by atoms with E-state index in [1.807, 2.05) is 42.3 Å². The molecule has 32 heavy (non-hydrogen) atoms. The quantitative estimate of drug-likeness (QED) is 0.526. The fourth-order valence-corrected chi connectivity index (χ4v) is 3.98. The molecule has 0 unspecified atom stereocenters. The largest absolute Gasteiger partial charge is 0.484 e. The first-order chi connectivity index (χ1) is 15.5. The number of carbonyl (C=O) groups is 1. The normalized spacial score (nSPS) is 12.9. The van der Waals surface area contributed by atoms with E-state index < -0.39 is 0 Å². The lowest BCUT2D eigenvalue weighted by molar-refractivity contribution is -0.134. The Morgan fingerprint density at radius 1 is 1.12 bits per heavy atom. The minimum atomic E-state index is -0.0539. The first kappa shape index (κ1) is 22.1. The van der Waals surface area contributed by atoms with Crippen molar-refractivity contribution in [3.8, 4) is 17.1 Å². The molecule has 0 saturated heterocycles. The zero-order valence-corrected chi connectivity index (χ0v) is 19.2. The molecular formula is C25H27ClN4O2. The lowest BCUT2D eigenvalue weighted by atomic mass is 10.0. The van der Waals surface area contributed by atoms with Crippen molar-refractivity contribution in [2.75, 3.05) is 31.6 Å². The molecule has 0 spiro atoms. The number of halogens is 1. The van der Waals surface area contributed by atoms with Crippen LogP contribution >= 0.6 is 11.6 Å². The molecule has 0 saturated carbocycles. The molecular weight excluding hydrogens is 424 g/mol. The Bertz CT molecular complexity index is 1070. The fraction of sp³-hybridized carbons (Fsp3) is 0.320. The Morgan fingerprint density at radius 3 is 2.59 bits per heavy atom. The van der Waals surface area contributed by atoms with Crippen molar-refractivity contribution in [3.63, 3.8) is 0 Å². The van der Waals surface area contributed by atoms with Crippen LogP contribution in [0.1, 0.15) is 24.6 Å². The Balaban J connectivity index is 1.55. The summed E-state index contributed by atoms with van der Waals surface area (Å²) in [7, 11) is 2.05. The van der Waals surface area contributed by atoms with Crippen LogP contribution in [0.5, 0.6) is 5.75 Å². The number of fused-ring (bicyclic) bond motifs is 1. The molecule has 166 valence electrons. The van der Waals surface area contributed by atoms with E-state index in [1.165, 1.54) is 0 Å². The highest BCUT2D eigenvalue weighted by molar-refractivity contribution is 6.30. The molecule has 7 heteroatoms. The summed E-state index contributed by atoms with van der Waals surface area (Å²) in [6.07, 6.45) is 1.70. The summed E-state index contributed by atoms with van der Waals surface area (Å²) in [5.41, 5.74) is 3.03. The molecule has 2 heterocycles. The van der Waals surface area contributed by atoms with Gasteiger partial charge in [-0.05, 0) is 30.7 Å². The zero-order valence-electron chi connectivity index (χ0n) is 18.4. The summed E-state index contributed by atoms with van der Waals surface area (Å²) in [5, 5.41) is 0.634. The van der Waals surface area contributed by atoms with Crippen LogP contribution in [0.2, 0.25) is 5.02 Å². The predicted molar refractivity (Wildman–Crippen MR) is 127 cm³/mol. The molecule has 6 nitrogen and oxygen atoms in total. The molecule has 1 aliphatic rings. The van der Waals surface area contributed by atoms with Crippen molar-refractivity contribution in [2.45, 2.75) is 26.3 Å². The van der Waals surface area contributed by atoms with E-state index in [0.29, 0.717) is 30.3 Å². The van der Waals surface area contributed by atoms with Crippen molar-refractivity contribution in [1.82, 2.24) is 14.9 Å². The van der Waals surface area contributed by atoms with E-state index >= 15 is 0 Å². The predicted octanol–water partition coefficient (Wildman–Crippen LogP) is 4.61. The van der Waals surface area contributed by atoms with Gasteiger partial charge in [0.25, 0.3) is 5.91 Å². The van der Waals surface area contributed by atoms with Gasteiger partial charge in [0.05, 0.1) is 12.2 Å². The molecule has 1 amide bonds. The molecule has 1 aliphatic heterocycles. The van der Waals surface area contributed by atoms with Crippen molar-refractivity contribution in [3.05, 3.63) is 70.9 Å². The standard InChI is InChI=1S/C25H27ClN4O2/c1-3-14-29(2)25-21-16-30(23(31)17-32-20-11-9-19(26)10-12-20)15-13-22(21)27-24(28-25)18-7-5-4-6-8-18/h4-12H,3,13-17H2,1-2H3. The maximum atomic E-state index is 12.9. The minimum Gasteiger partial charge on any atom is -0.484 e. The molecule has 0 atom stereocenters. The van der Waals surface area contributed by atoms with Gasteiger partial charge in [0.15, 0.2) is 12.4 Å². The summed E-state index contributed by atoms with van der Waals surface area (Å²) in [6.45, 7) is 4.10. The van der Waals surface area contributed by atoms with Crippen LogP contribution in [-0.2, 0) is 17.8 Å². The van der Waals surface area contributed by atoms with Gasteiger partial charge in [-0.25, -0.2) is 9.97 Å². The van der Waals surface area contributed by atoms with Crippen molar-refractivity contribution >= 4 is 23.3 Å². The van der Waals surface area contributed by atoms with Crippen molar-refractivity contribution in [1.29, 1.82) is 0 Å². The van der Waals surface area contributed by atoms with Crippen LogP contribution in [0.15, 0.2) is 54.6 Å². The van der Waals surface area contributed by atoms with Gasteiger partial charge in [-0.2, -0.15) is 0 Å². The highest BCUT2D eigenvalue weighted by Gasteiger charge is 2.27. The number of rotatable bonds is 7. The second-order valence-corrected chi connectivity index (χ2v) is 8.33. The average Bonchev–Trinajstić information content (AvgIpc) is 2.83. The summed E-state index contributed by atoms with van der Waals surface area (Å²) < 4.78 is 5.67. The van der Waals surface area contributed by atoms with E-state index in [4.69, 9.17) is 26.3 Å². The van der Waals surface area contributed by atoms with E-state index in [9.17, 15) is 4.79 Å². The second kappa shape index (κ2) is 10.0. The number of aromatic nitrogens is 2. The van der Waals surface area contributed by atoms with Gasteiger partial charge in [0.2, 0.25) is 0 Å². The number of amides is 1. The molecule has 0 bridgehead atoms. The summed E-state index contributed by atoms with van der Waals surface area (Å²) in [4.78, 5) is 26.6. The number of carbonyl (C=O) groups excluding carboxylic acids is 1. The first-order valence-electron chi connectivity index (χ1n) is 10.9. The van der Waals surface area contributed by atoms with Crippen molar-refractivity contribution in [2.24, 2.45) is 0 Å². The summed E-state index contributed by atoms with van der Waals surface area (Å²) in [5.74, 6) is 2.20. The highest BCUT2D eigenvalue weighted by Crippen LogP contribution is 2.29. The molecule has 2 aromatic carbocycles. The fourth-order valence-electron chi connectivity index (χ4n) is 3.85. The van der Waals surface area contributed by atoms with Gasteiger partial charge in [-0.15, -0.1) is 0 Å². The van der Waals surface area contributed by atoms with Gasteiger partial charge in [-0.3, -0.25) is 4.79 Å². The molecule has 0 fully saturated rings. The van der Waals surface area contributed by atoms with Crippen LogP contribution in [-0.4, -0.2) is 47.5 Å². The summed E-state index contributed by atoms with van der Waals surface area (Å²) >= 11 is 5.91. The first-order valence-corrected chi connectivity index (χ1v) is 11.3. The van der Waals surface area contributed by atoms with Gasteiger partial charge in [0.1, 0.15) is 11.6 Å². The number of nitrogens with zero attached hydrogens (tertiary/aromatic N) is 4. The average molecular weight is 451 g/mol. The van der Waals surface area contributed by atoms with Crippen LogP contribution in [0.4, 0.5) is 5.82 Å². The lowest BCUT2D eigenvalue weighted by Crippen LogP contribution is -2.40. The van der Waals surface area contributed by atoms with Gasteiger partial charge in [-0.1, -0.05) is 48.9 Å². The third-order valence-electron chi connectivity index (χ3n) is 5.52. The van der Waals surface area contributed by atoms with Gasteiger partial charge >= 0.3 is 0 Å². The number of anilines is 1. The maximum absolute atomic E-state index is 12.9. The minimum absolute atomic E-state index is 0.0138. The van der Waals surface area contributed by atoms with Crippen LogP contribution < -0.4 is 9.64 Å². The van der Waals surface area contributed by atoms with E-state index in [2.05, 4.69) is 11.8 Å². The van der Waals surface area contributed by atoms with Gasteiger partial charge < -0.3 is 14.5 Å². The number of hydrogen-bond donors (Lipinski definition) is 0. The second-order valence-electron chi connectivity index (χ2n) is 7.89. The molecule has 3 aromatic rings. The van der Waals surface area contributed by atoms with Crippen LogP contribution in [0.25, 0.3) is 11.4 Å². The molecule has 0 N–H and O–H groups in total. The third-order valence-corrected chi connectivity index (χ3v) is 5.77. The molecule has 4 rings (SSSR count). The lowest BCUT2D eigenvalue weighted by Gasteiger charge is -2.32. The Labute approximate surface area is 193 Å². The molecule has 1 aromatic heterocycles. The topological polar surface area (TPSA) is 58.6 Å². The molecule has 0 radical (unpaired) electrons. The van der Waals surface area contributed by atoms with Crippen LogP contribution in [0, 0.1) is 0 Å². The Kier molecular flexibility index (Phi) is 6.90. The van der Waals surface area contributed by atoms with E-state index in [0.717, 1.165) is 41.4 Å². The zero-order chi connectivity index (χ0) is 22.5. The van der Waals surface area contributed by atoms with E-state index in [-0.39, 0.29) is 12.5 Å². The van der Waals surface area contributed by atoms with Crippen LogP contribution in [0.3, 0.4) is 0 Å². The highest BCUT2D eigenvalue weighted by atomic mass is 35.5. The summed E-state index contributed by atoms with van der Waals surface area (Å²) in [6, 6.07) is 17.0. The van der Waals surface area contributed by atoms with E-state index in [1.54, 1.807) is 24.3 Å². The maximum Gasteiger partial charge on any atom is 0.260 e. The van der Waals surface area contributed by atoms with Crippen molar-refractivity contribution < 1.29 is 9.53 Å². The SMILES string of the molecule is CCCN(C)c1nc(-c2ccccc2)nc2c1CN(C(=O)COc1ccc(Cl)cc1)CC2. The monoisotopic (exact) mass is 450 g/mol. The Hall–Kier alpha value is -3.12. The number of benzene rings is 2.